The zero-order chi connectivity index (χ0) is 19.2. The Kier molecular flexibility index (Phi) is 4.84. The highest BCUT2D eigenvalue weighted by molar-refractivity contribution is 7.09. The van der Waals surface area contributed by atoms with E-state index in [0.717, 1.165) is 24.4 Å². The normalized spacial score (nSPS) is 31.2. The molecule has 3 aliphatic heterocycles. The number of nitrogens with zero attached hydrogens (tertiary/aromatic N) is 3. The van der Waals surface area contributed by atoms with Gasteiger partial charge in [0.15, 0.2) is 0 Å². The molecule has 3 aliphatic rings. The van der Waals surface area contributed by atoms with Crippen molar-refractivity contribution in [2.24, 2.45) is 17.8 Å². The monoisotopic (exact) mass is 389 g/mol. The van der Waals surface area contributed by atoms with Crippen molar-refractivity contribution in [1.82, 2.24) is 14.8 Å². The lowest BCUT2D eigenvalue weighted by Gasteiger charge is -2.27. The van der Waals surface area contributed by atoms with Gasteiger partial charge < -0.3 is 14.5 Å². The van der Waals surface area contributed by atoms with Gasteiger partial charge in [-0.15, -0.1) is 11.3 Å². The maximum Gasteiger partial charge on any atom is 0.230 e. The maximum atomic E-state index is 13.2. The van der Waals surface area contributed by atoms with Crippen LogP contribution in [0.15, 0.2) is 23.7 Å². The van der Waals surface area contributed by atoms with E-state index in [-0.39, 0.29) is 17.9 Å². The molecule has 4 heterocycles. The van der Waals surface area contributed by atoms with Gasteiger partial charge >= 0.3 is 0 Å². The average Bonchev–Trinajstić information content (AvgIpc) is 3.42. The van der Waals surface area contributed by atoms with E-state index in [1.807, 2.05) is 22.4 Å². The number of rotatable bonds is 7. The molecule has 2 bridgehead atoms. The highest BCUT2D eigenvalue weighted by Crippen LogP contribution is 2.52. The molecule has 4 atom stereocenters. The van der Waals surface area contributed by atoms with Crippen LogP contribution in [0.1, 0.15) is 31.7 Å². The van der Waals surface area contributed by atoms with Crippen LogP contribution in [0.25, 0.3) is 0 Å². The van der Waals surface area contributed by atoms with Crippen molar-refractivity contribution in [2.75, 3.05) is 20.1 Å². The largest absolute Gasteiger partial charge is 0.360 e. The van der Waals surface area contributed by atoms with Crippen LogP contribution in [-0.2, 0) is 20.9 Å². The number of aromatic nitrogens is 1. The van der Waals surface area contributed by atoms with Crippen LogP contribution >= 0.6 is 11.3 Å². The van der Waals surface area contributed by atoms with Crippen LogP contribution in [0.5, 0.6) is 0 Å². The molecule has 2 fully saturated rings. The zero-order valence-corrected chi connectivity index (χ0v) is 16.9. The minimum atomic E-state index is -0.615. The number of fused-ring (bicyclic) bond motifs is 1. The Labute approximate surface area is 164 Å². The first kappa shape index (κ1) is 18.6. The van der Waals surface area contributed by atoms with E-state index in [1.165, 1.54) is 11.3 Å². The summed E-state index contributed by atoms with van der Waals surface area (Å²) in [5, 5.41) is 2.80. The van der Waals surface area contributed by atoms with E-state index in [9.17, 15) is 9.59 Å². The molecule has 1 aromatic rings. The summed E-state index contributed by atoms with van der Waals surface area (Å²) < 4.78 is 6.22. The Morgan fingerprint density at radius 1 is 1.48 bits per heavy atom. The van der Waals surface area contributed by atoms with E-state index in [0.29, 0.717) is 19.0 Å². The molecule has 2 saturated heterocycles. The second kappa shape index (κ2) is 7.02. The predicted octanol–water partition coefficient (Wildman–Crippen LogP) is 2.32. The van der Waals surface area contributed by atoms with Gasteiger partial charge in [0.05, 0.1) is 31.0 Å². The van der Waals surface area contributed by atoms with Gasteiger partial charge in [0, 0.05) is 25.2 Å². The Hall–Kier alpha value is -1.73. The highest BCUT2D eigenvalue weighted by Gasteiger charge is 2.67. The molecule has 6 nitrogen and oxygen atoms in total. The van der Waals surface area contributed by atoms with Crippen LogP contribution in [-0.4, -0.2) is 58.4 Å². The number of hydrogen-bond donors (Lipinski definition) is 0. The molecule has 1 aromatic heterocycles. The van der Waals surface area contributed by atoms with Crippen molar-refractivity contribution >= 4 is 23.2 Å². The minimum Gasteiger partial charge on any atom is -0.360 e. The maximum absolute atomic E-state index is 13.2. The number of carbonyl (C=O) groups excluding carboxylic acids is 2. The van der Waals surface area contributed by atoms with Gasteiger partial charge in [-0.1, -0.05) is 38.8 Å². The molecule has 2 amide bonds. The van der Waals surface area contributed by atoms with Gasteiger partial charge in [-0.05, 0) is 5.92 Å². The second-order valence-electron chi connectivity index (χ2n) is 7.92. The molecule has 1 spiro atoms. The molecule has 0 unspecified atom stereocenters. The Balaban J connectivity index is 1.53. The predicted molar refractivity (Wildman–Crippen MR) is 103 cm³/mol. The average molecular weight is 390 g/mol. The molecule has 0 radical (unpaired) electrons. The minimum absolute atomic E-state index is 0.0239. The van der Waals surface area contributed by atoms with Crippen molar-refractivity contribution < 1.29 is 14.3 Å². The first-order valence-corrected chi connectivity index (χ1v) is 10.7. The van der Waals surface area contributed by atoms with E-state index in [1.54, 1.807) is 18.1 Å². The molecule has 0 saturated carbocycles. The van der Waals surface area contributed by atoms with Crippen LogP contribution < -0.4 is 0 Å². The van der Waals surface area contributed by atoms with E-state index in [2.05, 4.69) is 18.8 Å². The lowest BCUT2D eigenvalue weighted by Crippen LogP contribution is -2.44. The number of ether oxygens (including phenoxy) is 1. The second-order valence-corrected chi connectivity index (χ2v) is 8.90. The Morgan fingerprint density at radius 2 is 2.26 bits per heavy atom. The van der Waals surface area contributed by atoms with Crippen LogP contribution in [0.4, 0.5) is 0 Å². The molecule has 0 aromatic carbocycles. The topological polar surface area (TPSA) is 62.7 Å². The standard InChI is InChI=1S/C20H27N3O3S/c1-4-13(5-2)10-23-12-20-7-6-14(26-20)16(17(20)19(23)25)18(24)22(3)11-15-21-8-9-27-15/h6-9,13-14,16-17H,4-5,10-12H2,1-3H3/t14-,16+,17-,20-/m0/s1. The summed E-state index contributed by atoms with van der Waals surface area (Å²) in [4.78, 5) is 34.3. The molecule has 4 rings (SSSR count). The third-order valence-corrected chi connectivity index (χ3v) is 7.09. The van der Waals surface area contributed by atoms with E-state index in [4.69, 9.17) is 4.74 Å². The molecule has 7 heteroatoms. The van der Waals surface area contributed by atoms with Crippen molar-refractivity contribution in [3.05, 3.63) is 28.7 Å². The summed E-state index contributed by atoms with van der Waals surface area (Å²) in [5.41, 5.74) is -0.615. The molecular weight excluding hydrogens is 362 g/mol. The lowest BCUT2D eigenvalue weighted by atomic mass is 9.76. The molecular formula is C20H27N3O3S. The summed E-state index contributed by atoms with van der Waals surface area (Å²) in [6, 6.07) is 0. The third kappa shape index (κ3) is 3.01. The SMILES string of the molecule is CCC(CC)CN1C[C@]23C=C[C@H](O2)[C@@H](C(=O)N(C)Cc2nccs2)[C@H]3C1=O. The number of likely N-dealkylation sites (tertiary alicyclic amines) is 1. The van der Waals surface area contributed by atoms with Gasteiger partial charge in [-0.3, -0.25) is 9.59 Å². The van der Waals surface area contributed by atoms with Crippen molar-refractivity contribution in [1.29, 1.82) is 0 Å². The Morgan fingerprint density at radius 3 is 2.93 bits per heavy atom. The number of hydrogen-bond acceptors (Lipinski definition) is 5. The summed E-state index contributed by atoms with van der Waals surface area (Å²) in [6.07, 6.45) is 7.56. The highest BCUT2D eigenvalue weighted by atomic mass is 32.1. The number of carbonyl (C=O) groups is 2. The number of amides is 2. The zero-order valence-electron chi connectivity index (χ0n) is 16.1. The lowest BCUT2D eigenvalue weighted by molar-refractivity contribution is -0.142. The Bertz CT molecular complexity index is 746. The van der Waals surface area contributed by atoms with Gasteiger partial charge in [0.1, 0.15) is 10.6 Å². The van der Waals surface area contributed by atoms with Gasteiger partial charge in [0.2, 0.25) is 11.8 Å². The summed E-state index contributed by atoms with van der Waals surface area (Å²) in [5.74, 6) is -0.279. The van der Waals surface area contributed by atoms with Gasteiger partial charge in [-0.2, -0.15) is 0 Å². The smallest absolute Gasteiger partial charge is 0.230 e. The molecule has 27 heavy (non-hydrogen) atoms. The molecule has 146 valence electrons. The van der Waals surface area contributed by atoms with Crippen LogP contribution in [0.3, 0.4) is 0 Å². The molecule has 0 aliphatic carbocycles. The fourth-order valence-corrected chi connectivity index (χ4v) is 5.41. The van der Waals surface area contributed by atoms with Crippen molar-refractivity contribution in [2.45, 2.75) is 44.9 Å². The fourth-order valence-electron chi connectivity index (χ4n) is 4.74. The van der Waals surface area contributed by atoms with E-state index < -0.39 is 17.4 Å². The van der Waals surface area contributed by atoms with Gasteiger partial charge in [0.25, 0.3) is 0 Å². The first-order valence-electron chi connectivity index (χ1n) is 9.78. The van der Waals surface area contributed by atoms with Crippen LogP contribution in [0.2, 0.25) is 0 Å². The van der Waals surface area contributed by atoms with Crippen molar-refractivity contribution in [3.63, 3.8) is 0 Å². The number of thiazole rings is 1. The third-order valence-electron chi connectivity index (χ3n) is 6.33. The fraction of sp³-hybridized carbons (Fsp3) is 0.650. The van der Waals surface area contributed by atoms with E-state index >= 15 is 0 Å². The first-order chi connectivity index (χ1) is 13.0. The van der Waals surface area contributed by atoms with Crippen molar-refractivity contribution in [3.8, 4) is 0 Å². The summed E-state index contributed by atoms with van der Waals surface area (Å²) in [6.45, 7) is 6.11. The summed E-state index contributed by atoms with van der Waals surface area (Å²) >= 11 is 1.53. The van der Waals surface area contributed by atoms with Gasteiger partial charge in [-0.25, -0.2) is 4.98 Å². The summed E-state index contributed by atoms with van der Waals surface area (Å²) in [7, 11) is 1.79. The van der Waals surface area contributed by atoms with Crippen LogP contribution in [0, 0.1) is 17.8 Å². The molecule has 0 N–H and O–H groups in total. The quantitative estimate of drug-likeness (QED) is 0.672.